The van der Waals surface area contributed by atoms with Gasteiger partial charge in [0.15, 0.2) is 5.78 Å². The lowest BCUT2D eigenvalue weighted by Crippen LogP contribution is -2.10. The summed E-state index contributed by atoms with van der Waals surface area (Å²) < 4.78 is 0. The predicted molar refractivity (Wildman–Crippen MR) is 82.9 cm³/mol. The first-order valence-electron chi connectivity index (χ1n) is 7.06. The van der Waals surface area contributed by atoms with Crippen molar-refractivity contribution in [3.05, 3.63) is 34.9 Å². The van der Waals surface area contributed by atoms with Gasteiger partial charge in [-0.25, -0.2) is 0 Å². The van der Waals surface area contributed by atoms with Crippen LogP contribution in [0.4, 0.5) is 5.69 Å². The fraction of sp³-hybridized carbons (Fsp3) is 0.471. The van der Waals surface area contributed by atoms with Crippen LogP contribution in [0.3, 0.4) is 0 Å². The number of hydrogen-bond acceptors (Lipinski definition) is 2. The van der Waals surface area contributed by atoms with Crippen molar-refractivity contribution in [1.29, 1.82) is 0 Å². The number of hydrogen-bond donors (Lipinski definition) is 1. The molecule has 0 aliphatic heterocycles. The van der Waals surface area contributed by atoms with Crippen molar-refractivity contribution in [2.24, 2.45) is 5.92 Å². The Morgan fingerprint density at radius 3 is 2.63 bits per heavy atom. The molecule has 0 radical (unpaired) electrons. The van der Waals surface area contributed by atoms with E-state index in [9.17, 15) is 4.79 Å². The molecule has 0 saturated heterocycles. The van der Waals surface area contributed by atoms with Gasteiger partial charge in [0.25, 0.3) is 0 Å². The van der Waals surface area contributed by atoms with Gasteiger partial charge in [0.1, 0.15) is 0 Å². The summed E-state index contributed by atoms with van der Waals surface area (Å²) in [6.45, 7) is 8.09. The van der Waals surface area contributed by atoms with Crippen molar-refractivity contribution in [2.45, 2.75) is 47.0 Å². The third-order valence-corrected chi connectivity index (χ3v) is 3.27. The zero-order valence-corrected chi connectivity index (χ0v) is 12.5. The van der Waals surface area contributed by atoms with E-state index in [0.717, 1.165) is 41.6 Å². The summed E-state index contributed by atoms with van der Waals surface area (Å²) in [5, 5.41) is 0. The summed E-state index contributed by atoms with van der Waals surface area (Å²) in [6.07, 6.45) is 5.01. The smallest absolute Gasteiger partial charge is 0.161 e. The molecule has 0 aliphatic carbocycles. The van der Waals surface area contributed by atoms with Crippen LogP contribution < -0.4 is 5.73 Å². The zero-order chi connectivity index (χ0) is 14.4. The molecule has 0 saturated carbocycles. The molecule has 0 heterocycles. The first kappa shape index (κ1) is 15.5. The van der Waals surface area contributed by atoms with Crippen molar-refractivity contribution in [3.8, 4) is 0 Å². The molecule has 2 nitrogen and oxygen atoms in total. The quantitative estimate of drug-likeness (QED) is 0.608. The topological polar surface area (TPSA) is 43.1 Å². The number of allylic oxidation sites excluding steroid dienone is 1. The van der Waals surface area contributed by atoms with E-state index >= 15 is 0 Å². The highest BCUT2D eigenvalue weighted by molar-refractivity contribution is 6.00. The zero-order valence-electron chi connectivity index (χ0n) is 12.5. The summed E-state index contributed by atoms with van der Waals surface area (Å²) in [5.74, 6) is 0.291. The molecule has 1 rings (SSSR count). The van der Waals surface area contributed by atoms with Crippen LogP contribution in [0.15, 0.2) is 23.8 Å². The number of anilines is 1. The Morgan fingerprint density at radius 1 is 1.37 bits per heavy atom. The van der Waals surface area contributed by atoms with Crippen LogP contribution in [-0.4, -0.2) is 5.78 Å². The Labute approximate surface area is 116 Å². The number of rotatable bonds is 6. The van der Waals surface area contributed by atoms with E-state index in [1.807, 2.05) is 45.0 Å². The summed E-state index contributed by atoms with van der Waals surface area (Å²) in [5.41, 5.74) is 9.69. The van der Waals surface area contributed by atoms with Crippen LogP contribution in [0.25, 0.3) is 6.08 Å². The minimum Gasteiger partial charge on any atom is -0.399 e. The standard InChI is InChI=1S/C17H25NO/c1-5-6-7-14(17(19)12(2)3)10-15-11-16(18)9-8-13(15)4/h8-12H,5-7,18H2,1-4H3/b14-10+. The lowest BCUT2D eigenvalue weighted by molar-refractivity contribution is -0.118. The predicted octanol–water partition coefficient (Wildman–Crippen LogP) is 4.38. The molecule has 0 spiro atoms. The third kappa shape index (κ3) is 4.55. The van der Waals surface area contributed by atoms with E-state index in [-0.39, 0.29) is 11.7 Å². The molecule has 0 aromatic heterocycles. The van der Waals surface area contributed by atoms with Gasteiger partial charge < -0.3 is 5.73 Å². The fourth-order valence-corrected chi connectivity index (χ4v) is 2.01. The molecule has 19 heavy (non-hydrogen) atoms. The minimum atomic E-state index is 0.0458. The van der Waals surface area contributed by atoms with Gasteiger partial charge in [-0.2, -0.15) is 0 Å². The molecule has 2 heteroatoms. The van der Waals surface area contributed by atoms with E-state index in [1.165, 1.54) is 0 Å². The molecule has 0 atom stereocenters. The molecule has 0 aliphatic rings. The molecular weight excluding hydrogens is 234 g/mol. The van der Waals surface area contributed by atoms with Crippen LogP contribution in [0.1, 0.15) is 51.2 Å². The van der Waals surface area contributed by atoms with E-state index in [1.54, 1.807) is 0 Å². The molecule has 2 N–H and O–H groups in total. The van der Waals surface area contributed by atoms with Gasteiger partial charge >= 0.3 is 0 Å². The number of carbonyl (C=O) groups excluding carboxylic acids is 1. The summed E-state index contributed by atoms with van der Waals surface area (Å²) >= 11 is 0. The van der Waals surface area contributed by atoms with Crippen molar-refractivity contribution in [3.63, 3.8) is 0 Å². The second-order valence-corrected chi connectivity index (χ2v) is 5.41. The van der Waals surface area contributed by atoms with Gasteiger partial charge in [0.05, 0.1) is 0 Å². The number of nitrogens with two attached hydrogens (primary N) is 1. The van der Waals surface area contributed by atoms with Gasteiger partial charge in [0, 0.05) is 11.6 Å². The second kappa shape index (κ2) is 7.13. The Hall–Kier alpha value is -1.57. The monoisotopic (exact) mass is 259 g/mol. The number of nitrogen functional groups attached to an aromatic ring is 1. The van der Waals surface area contributed by atoms with Crippen LogP contribution in [-0.2, 0) is 4.79 Å². The summed E-state index contributed by atoms with van der Waals surface area (Å²) in [6, 6.07) is 5.83. The van der Waals surface area contributed by atoms with E-state index in [0.29, 0.717) is 0 Å². The average Bonchev–Trinajstić information content (AvgIpc) is 2.37. The Bertz CT molecular complexity index is 472. The van der Waals surface area contributed by atoms with Crippen LogP contribution in [0, 0.1) is 12.8 Å². The van der Waals surface area contributed by atoms with Crippen LogP contribution in [0.5, 0.6) is 0 Å². The molecule has 1 aromatic rings. The van der Waals surface area contributed by atoms with Gasteiger partial charge in [0.2, 0.25) is 0 Å². The molecule has 0 fully saturated rings. The molecule has 1 aromatic carbocycles. The van der Waals surface area contributed by atoms with Crippen LogP contribution >= 0.6 is 0 Å². The highest BCUT2D eigenvalue weighted by Gasteiger charge is 2.13. The largest absolute Gasteiger partial charge is 0.399 e. The number of ketones is 1. The molecule has 0 bridgehead atoms. The average molecular weight is 259 g/mol. The number of unbranched alkanes of at least 4 members (excludes halogenated alkanes) is 1. The van der Waals surface area contributed by atoms with Gasteiger partial charge in [-0.1, -0.05) is 33.3 Å². The first-order valence-corrected chi connectivity index (χ1v) is 7.06. The summed E-state index contributed by atoms with van der Waals surface area (Å²) in [4.78, 5) is 12.2. The van der Waals surface area contributed by atoms with Crippen molar-refractivity contribution >= 4 is 17.5 Å². The Balaban J connectivity index is 3.11. The molecule has 0 amide bonds. The molecular formula is C17H25NO. The molecule has 104 valence electrons. The second-order valence-electron chi connectivity index (χ2n) is 5.41. The van der Waals surface area contributed by atoms with E-state index < -0.39 is 0 Å². The highest BCUT2D eigenvalue weighted by atomic mass is 16.1. The lowest BCUT2D eigenvalue weighted by Gasteiger charge is -2.10. The number of benzene rings is 1. The maximum atomic E-state index is 12.2. The van der Waals surface area contributed by atoms with Crippen molar-refractivity contribution in [1.82, 2.24) is 0 Å². The third-order valence-electron chi connectivity index (χ3n) is 3.27. The van der Waals surface area contributed by atoms with E-state index in [4.69, 9.17) is 5.73 Å². The van der Waals surface area contributed by atoms with Gasteiger partial charge in [-0.05, 0) is 54.7 Å². The lowest BCUT2D eigenvalue weighted by atomic mass is 9.94. The minimum absolute atomic E-state index is 0.0458. The number of aryl methyl sites for hydroxylation is 1. The maximum absolute atomic E-state index is 12.2. The van der Waals surface area contributed by atoms with Crippen molar-refractivity contribution in [2.75, 3.05) is 5.73 Å². The maximum Gasteiger partial charge on any atom is 0.161 e. The fourth-order valence-electron chi connectivity index (χ4n) is 2.01. The highest BCUT2D eigenvalue weighted by Crippen LogP contribution is 2.21. The number of carbonyl (C=O) groups is 1. The number of Topliss-reactive ketones (excluding diaryl/α,β-unsaturated/α-hetero) is 1. The normalized spacial score (nSPS) is 11.9. The van der Waals surface area contributed by atoms with Crippen LogP contribution in [0.2, 0.25) is 0 Å². The van der Waals surface area contributed by atoms with Crippen molar-refractivity contribution < 1.29 is 4.79 Å². The molecule has 0 unspecified atom stereocenters. The summed E-state index contributed by atoms with van der Waals surface area (Å²) in [7, 11) is 0. The Morgan fingerprint density at radius 2 is 2.05 bits per heavy atom. The SMILES string of the molecule is CCCC/C(=C\c1cc(N)ccc1C)C(=O)C(C)C. The van der Waals surface area contributed by atoms with Gasteiger partial charge in [-0.15, -0.1) is 0 Å². The Kier molecular flexibility index (Phi) is 5.81. The van der Waals surface area contributed by atoms with Gasteiger partial charge in [-0.3, -0.25) is 4.79 Å². The first-order chi connectivity index (χ1) is 8.95. The van der Waals surface area contributed by atoms with E-state index in [2.05, 4.69) is 6.92 Å².